The van der Waals surface area contributed by atoms with Crippen molar-refractivity contribution in [1.29, 1.82) is 0 Å². The maximum atomic E-state index is 10.9. The minimum absolute atomic E-state index is 0. The summed E-state index contributed by atoms with van der Waals surface area (Å²) in [6, 6.07) is 0. The summed E-state index contributed by atoms with van der Waals surface area (Å²) < 4.78 is 9.56. The first-order valence-corrected chi connectivity index (χ1v) is 11.4. The zero-order valence-corrected chi connectivity index (χ0v) is 23.1. The number of rotatable bonds is 18. The van der Waals surface area contributed by atoms with E-state index in [0.29, 0.717) is 25.4 Å². The number of carbonyl (C=O) groups excluding carboxylic acids is 4. The van der Waals surface area contributed by atoms with E-state index in [-0.39, 0.29) is 19.5 Å². The number of ether oxygens (including phenoxy) is 2. The molecular formula is C24H38O8Zn. The Morgan fingerprint density at radius 1 is 0.545 bits per heavy atom. The summed E-state index contributed by atoms with van der Waals surface area (Å²) in [7, 11) is 0. The molecule has 0 aromatic rings. The molecule has 0 bridgehead atoms. The second-order valence-corrected chi connectivity index (χ2v) is 7.18. The Labute approximate surface area is 210 Å². The van der Waals surface area contributed by atoms with Crippen LogP contribution in [0, 0.1) is 0 Å². The first-order valence-electron chi connectivity index (χ1n) is 11.4. The number of aliphatic carboxylic acids is 2. The van der Waals surface area contributed by atoms with Crippen LogP contribution in [0.25, 0.3) is 0 Å². The molecule has 33 heavy (non-hydrogen) atoms. The number of hydrogen-bond donors (Lipinski definition) is 0. The molecule has 0 fully saturated rings. The van der Waals surface area contributed by atoms with Crippen molar-refractivity contribution in [3.05, 3.63) is 24.3 Å². The molecule has 0 saturated heterocycles. The summed E-state index contributed by atoms with van der Waals surface area (Å²) in [5, 5.41) is 19.9. The Hall–Kier alpha value is -2.02. The number of carboxylic acids is 2. The van der Waals surface area contributed by atoms with Crippen LogP contribution in [0.3, 0.4) is 0 Å². The molecule has 0 aromatic carbocycles. The summed E-state index contributed by atoms with van der Waals surface area (Å²) in [5.41, 5.74) is 0. The molecule has 0 heterocycles. The molecule has 0 aliphatic rings. The Balaban J connectivity index is -0.000000529. The second kappa shape index (κ2) is 28.0. The van der Waals surface area contributed by atoms with Gasteiger partial charge in [-0.25, -0.2) is 9.59 Å². The van der Waals surface area contributed by atoms with Crippen molar-refractivity contribution in [2.75, 3.05) is 13.2 Å². The summed E-state index contributed by atoms with van der Waals surface area (Å²) in [4.78, 5) is 41.7. The van der Waals surface area contributed by atoms with Crippen molar-refractivity contribution in [3.8, 4) is 0 Å². The third-order valence-corrected chi connectivity index (χ3v) is 4.20. The van der Waals surface area contributed by atoms with Crippen LogP contribution in [0.5, 0.6) is 0 Å². The largest absolute Gasteiger partial charge is 2.00 e. The Kier molecular flexibility index (Phi) is 30.2. The Morgan fingerprint density at radius 3 is 1.15 bits per heavy atom. The number of esters is 2. The average Bonchev–Trinajstić information content (AvgIpc) is 2.75. The average molecular weight is 520 g/mol. The molecule has 184 valence electrons. The Morgan fingerprint density at radius 2 is 0.848 bits per heavy atom. The number of hydrogen-bond acceptors (Lipinski definition) is 8. The van der Waals surface area contributed by atoms with E-state index in [1.54, 1.807) is 0 Å². The van der Waals surface area contributed by atoms with Gasteiger partial charge in [0.15, 0.2) is 0 Å². The van der Waals surface area contributed by atoms with Crippen LogP contribution in [0.4, 0.5) is 0 Å². The van der Waals surface area contributed by atoms with E-state index in [1.165, 1.54) is 38.5 Å². The fourth-order valence-corrected chi connectivity index (χ4v) is 2.48. The third kappa shape index (κ3) is 34.8. The first kappa shape index (κ1) is 35.6. The zero-order valence-electron chi connectivity index (χ0n) is 20.2. The molecule has 0 aliphatic carbocycles. The molecule has 0 rings (SSSR count). The van der Waals surface area contributed by atoms with Crippen molar-refractivity contribution in [2.24, 2.45) is 0 Å². The molecule has 0 spiro atoms. The van der Waals surface area contributed by atoms with Gasteiger partial charge in [0, 0.05) is 12.2 Å². The van der Waals surface area contributed by atoms with Crippen molar-refractivity contribution in [2.45, 2.75) is 90.9 Å². The van der Waals surface area contributed by atoms with Gasteiger partial charge < -0.3 is 29.3 Å². The van der Waals surface area contributed by atoms with E-state index < -0.39 is 23.9 Å². The van der Waals surface area contributed by atoms with Crippen molar-refractivity contribution in [1.82, 2.24) is 0 Å². The summed E-state index contributed by atoms with van der Waals surface area (Å²) in [5.74, 6) is -4.04. The van der Waals surface area contributed by atoms with Gasteiger partial charge in [-0.15, -0.1) is 0 Å². The number of unbranched alkanes of at least 4 members (excludes halogenated alkanes) is 10. The second-order valence-electron chi connectivity index (χ2n) is 7.18. The van der Waals surface area contributed by atoms with Crippen LogP contribution in [0.2, 0.25) is 0 Å². The summed E-state index contributed by atoms with van der Waals surface area (Å²) in [6.45, 7) is 5.02. The number of carbonyl (C=O) groups is 4. The third-order valence-electron chi connectivity index (χ3n) is 4.20. The van der Waals surface area contributed by atoms with Gasteiger partial charge in [0.25, 0.3) is 0 Å². The zero-order chi connectivity index (χ0) is 24.5. The van der Waals surface area contributed by atoms with Crippen LogP contribution in [0.1, 0.15) is 90.9 Å². The fraction of sp³-hybridized carbons (Fsp3) is 0.667. The van der Waals surface area contributed by atoms with E-state index in [0.717, 1.165) is 50.7 Å². The topological polar surface area (TPSA) is 133 Å². The predicted octanol–water partition coefficient (Wildman–Crippen LogP) is 2.39. The normalized spacial score (nSPS) is 10.2. The van der Waals surface area contributed by atoms with Gasteiger partial charge in [-0.2, -0.15) is 0 Å². The van der Waals surface area contributed by atoms with Gasteiger partial charge in [0.05, 0.1) is 25.2 Å². The van der Waals surface area contributed by atoms with Crippen molar-refractivity contribution < 1.29 is 58.3 Å². The summed E-state index contributed by atoms with van der Waals surface area (Å²) >= 11 is 0. The molecule has 0 aromatic heterocycles. The van der Waals surface area contributed by atoms with Crippen molar-refractivity contribution in [3.63, 3.8) is 0 Å². The molecule has 9 heteroatoms. The van der Waals surface area contributed by atoms with Crippen molar-refractivity contribution >= 4 is 23.9 Å². The van der Waals surface area contributed by atoms with Gasteiger partial charge in [-0.1, -0.05) is 78.1 Å². The van der Waals surface area contributed by atoms with Crippen LogP contribution >= 0.6 is 0 Å². The molecule has 8 nitrogen and oxygen atoms in total. The van der Waals surface area contributed by atoms with Crippen LogP contribution < -0.4 is 10.2 Å². The molecular weight excluding hydrogens is 482 g/mol. The van der Waals surface area contributed by atoms with Gasteiger partial charge in [0.1, 0.15) is 0 Å². The van der Waals surface area contributed by atoms with E-state index in [4.69, 9.17) is 9.47 Å². The number of carboxylic acid groups (broad SMARTS) is 2. The molecule has 0 atom stereocenters. The molecule has 0 N–H and O–H groups in total. The summed E-state index contributed by atoms with van der Waals surface area (Å²) in [6.07, 6.45) is 16.5. The molecule has 0 amide bonds. The standard InChI is InChI=1S/2C12H20O4.Zn/c2*1-2-3-4-5-6-7-10-16-12(15)9-8-11(13)14;/h2*8-9H,2-7,10H2,1H3,(H,13,14);/q;;+2/p-2/b2*9-8-;. The predicted molar refractivity (Wildman–Crippen MR) is 117 cm³/mol. The van der Waals surface area contributed by atoms with Crippen LogP contribution in [0.15, 0.2) is 24.3 Å². The first-order chi connectivity index (χ1) is 15.3. The van der Waals surface area contributed by atoms with Gasteiger partial charge in [-0.05, 0) is 25.0 Å². The minimum atomic E-state index is -1.39. The molecule has 0 aliphatic heterocycles. The monoisotopic (exact) mass is 518 g/mol. The van der Waals surface area contributed by atoms with Gasteiger partial charge >= 0.3 is 31.4 Å². The molecule has 0 unspecified atom stereocenters. The van der Waals surface area contributed by atoms with E-state index in [9.17, 15) is 29.4 Å². The molecule has 0 radical (unpaired) electrons. The van der Waals surface area contributed by atoms with Crippen LogP contribution in [-0.4, -0.2) is 37.1 Å². The van der Waals surface area contributed by atoms with Gasteiger partial charge in [0.2, 0.25) is 0 Å². The Bertz CT molecular complexity index is 523. The van der Waals surface area contributed by atoms with E-state index in [2.05, 4.69) is 13.8 Å². The fourth-order valence-electron chi connectivity index (χ4n) is 2.48. The maximum Gasteiger partial charge on any atom is 2.00 e. The van der Waals surface area contributed by atoms with Crippen LogP contribution in [-0.2, 0) is 48.1 Å². The SMILES string of the molecule is CCCCCCCCOC(=O)/C=C\C(=O)[O-].CCCCCCCCOC(=O)/C=C\C(=O)[O-].[Zn+2]. The van der Waals surface area contributed by atoms with E-state index in [1.807, 2.05) is 0 Å². The minimum Gasteiger partial charge on any atom is -0.545 e. The quantitative estimate of drug-likeness (QED) is 0.117. The smallest absolute Gasteiger partial charge is 0.545 e. The maximum absolute atomic E-state index is 10.9. The van der Waals surface area contributed by atoms with E-state index >= 15 is 0 Å². The van der Waals surface area contributed by atoms with Gasteiger partial charge in [-0.3, -0.25) is 0 Å². The molecule has 0 saturated carbocycles.